The maximum Gasteiger partial charge on any atom is 0.193 e. The molecule has 0 atom stereocenters. The predicted molar refractivity (Wildman–Crippen MR) is 97.9 cm³/mol. The minimum absolute atomic E-state index is 0.0940. The molecule has 0 radical (unpaired) electrons. The summed E-state index contributed by atoms with van der Waals surface area (Å²) in [5.41, 5.74) is 2.60. The van der Waals surface area contributed by atoms with Crippen molar-refractivity contribution < 1.29 is 4.43 Å². The molecule has 2 nitrogen and oxygen atoms in total. The first kappa shape index (κ1) is 17.7. The van der Waals surface area contributed by atoms with Gasteiger partial charge < -0.3 is 9.33 Å². The summed E-state index contributed by atoms with van der Waals surface area (Å²) in [5, 5.41) is 0.244. The second kappa shape index (κ2) is 6.10. The van der Waals surface area contributed by atoms with Gasteiger partial charge in [-0.15, -0.1) is 0 Å². The average molecular weight is 320 g/mol. The topological polar surface area (TPSA) is 12.5 Å². The molecular formula is C19H33NOSi. The Labute approximate surface area is 138 Å². The SMILES string of the molecule is Cc1ccc(C2(O[Si](C)(C)C(C)(C)C)CCN(C)CC2)cc1. The molecule has 22 heavy (non-hydrogen) atoms. The van der Waals surface area contributed by atoms with Crippen molar-refractivity contribution in [1.82, 2.24) is 4.90 Å². The summed E-state index contributed by atoms with van der Waals surface area (Å²) < 4.78 is 7.02. The molecule has 0 bridgehead atoms. The zero-order chi connectivity index (χ0) is 16.6. The van der Waals surface area contributed by atoms with Crippen molar-refractivity contribution >= 4 is 8.32 Å². The van der Waals surface area contributed by atoms with Gasteiger partial charge in [0.2, 0.25) is 0 Å². The molecular weight excluding hydrogens is 286 g/mol. The van der Waals surface area contributed by atoms with Gasteiger partial charge >= 0.3 is 0 Å². The Kier molecular flexibility index (Phi) is 4.91. The molecule has 1 aromatic rings. The Bertz CT molecular complexity index is 493. The van der Waals surface area contributed by atoms with E-state index in [0.29, 0.717) is 0 Å². The van der Waals surface area contributed by atoms with Crippen LogP contribution in [0.15, 0.2) is 24.3 Å². The van der Waals surface area contributed by atoms with Crippen molar-refractivity contribution in [3.8, 4) is 0 Å². The van der Waals surface area contributed by atoms with Crippen LogP contribution in [0, 0.1) is 6.92 Å². The maximum absolute atomic E-state index is 7.02. The van der Waals surface area contributed by atoms with Crippen molar-refractivity contribution in [1.29, 1.82) is 0 Å². The molecule has 0 unspecified atom stereocenters. The Balaban J connectivity index is 2.37. The smallest absolute Gasteiger partial charge is 0.193 e. The van der Waals surface area contributed by atoms with Crippen molar-refractivity contribution in [2.24, 2.45) is 0 Å². The molecule has 0 spiro atoms. The highest BCUT2D eigenvalue weighted by Gasteiger charge is 2.46. The first-order valence-corrected chi connectivity index (χ1v) is 11.4. The van der Waals surface area contributed by atoms with Crippen LogP contribution in [0.25, 0.3) is 0 Å². The highest BCUT2D eigenvalue weighted by atomic mass is 28.4. The first-order valence-electron chi connectivity index (χ1n) is 8.52. The lowest BCUT2D eigenvalue weighted by Crippen LogP contribution is -2.52. The van der Waals surface area contributed by atoms with Gasteiger partial charge in [-0.05, 0) is 50.5 Å². The number of aryl methyl sites for hydroxylation is 1. The molecule has 0 aliphatic carbocycles. The zero-order valence-corrected chi connectivity index (χ0v) is 16.5. The van der Waals surface area contributed by atoms with Crippen molar-refractivity contribution in [2.45, 2.75) is 64.3 Å². The normalized spacial score (nSPS) is 20.1. The van der Waals surface area contributed by atoms with Gasteiger partial charge in [-0.1, -0.05) is 50.6 Å². The lowest BCUT2D eigenvalue weighted by molar-refractivity contribution is -0.00833. The van der Waals surface area contributed by atoms with Crippen LogP contribution in [0.1, 0.15) is 44.7 Å². The van der Waals surface area contributed by atoms with Gasteiger partial charge in [0.25, 0.3) is 0 Å². The van der Waals surface area contributed by atoms with Gasteiger partial charge in [-0.3, -0.25) is 0 Å². The lowest BCUT2D eigenvalue weighted by atomic mass is 9.84. The van der Waals surface area contributed by atoms with E-state index in [1.807, 2.05) is 0 Å². The summed E-state index contributed by atoms with van der Waals surface area (Å²) in [6, 6.07) is 9.02. The van der Waals surface area contributed by atoms with Gasteiger partial charge in [0.15, 0.2) is 8.32 Å². The lowest BCUT2D eigenvalue weighted by Gasteiger charge is -2.49. The molecule has 1 fully saturated rings. The maximum atomic E-state index is 7.02. The van der Waals surface area contributed by atoms with Crippen LogP contribution in [-0.4, -0.2) is 33.4 Å². The van der Waals surface area contributed by atoms with Gasteiger partial charge in [-0.2, -0.15) is 0 Å². The van der Waals surface area contributed by atoms with E-state index in [9.17, 15) is 0 Å². The fraction of sp³-hybridized carbons (Fsp3) is 0.684. The van der Waals surface area contributed by atoms with Gasteiger partial charge in [0, 0.05) is 13.1 Å². The number of rotatable bonds is 3. The molecule has 1 aliphatic heterocycles. The molecule has 2 rings (SSSR count). The van der Waals surface area contributed by atoms with E-state index < -0.39 is 8.32 Å². The number of benzene rings is 1. The standard InChI is InChI=1S/C19H33NOSi/c1-16-8-10-17(11-9-16)19(12-14-20(5)15-13-19)21-22(6,7)18(2,3)4/h8-11H,12-15H2,1-7H3. The quantitative estimate of drug-likeness (QED) is 0.732. The van der Waals surface area contributed by atoms with E-state index >= 15 is 0 Å². The number of likely N-dealkylation sites (tertiary alicyclic amines) is 1. The van der Waals surface area contributed by atoms with Crippen LogP contribution >= 0.6 is 0 Å². The number of nitrogens with zero attached hydrogens (tertiary/aromatic N) is 1. The first-order chi connectivity index (χ1) is 10.1. The molecule has 1 aliphatic rings. The van der Waals surface area contributed by atoms with E-state index in [1.54, 1.807) is 0 Å². The molecule has 0 N–H and O–H groups in total. The highest BCUT2D eigenvalue weighted by Crippen LogP contribution is 2.45. The monoisotopic (exact) mass is 319 g/mol. The largest absolute Gasteiger partial charge is 0.407 e. The molecule has 0 aromatic heterocycles. The van der Waals surface area contributed by atoms with Crippen LogP contribution in [0.4, 0.5) is 0 Å². The van der Waals surface area contributed by atoms with Crippen LogP contribution in [0.5, 0.6) is 0 Å². The fourth-order valence-electron chi connectivity index (χ4n) is 2.93. The highest BCUT2D eigenvalue weighted by molar-refractivity contribution is 6.74. The molecule has 3 heteroatoms. The summed E-state index contributed by atoms with van der Waals surface area (Å²) in [7, 11) is 0.412. The second-order valence-electron chi connectivity index (χ2n) is 8.53. The van der Waals surface area contributed by atoms with Gasteiger partial charge in [0.1, 0.15) is 0 Å². The third-order valence-corrected chi connectivity index (χ3v) is 10.1. The van der Waals surface area contributed by atoms with E-state index in [1.165, 1.54) is 11.1 Å². The van der Waals surface area contributed by atoms with Crippen LogP contribution < -0.4 is 0 Å². The number of hydrogen-bond donors (Lipinski definition) is 0. The minimum Gasteiger partial charge on any atom is -0.407 e. The minimum atomic E-state index is -1.80. The summed E-state index contributed by atoms with van der Waals surface area (Å²) in [6.45, 7) is 16.1. The fourth-order valence-corrected chi connectivity index (χ4v) is 4.53. The van der Waals surface area contributed by atoms with Crippen LogP contribution in [0.2, 0.25) is 18.1 Å². The molecule has 1 heterocycles. The summed E-state index contributed by atoms with van der Waals surface area (Å²) in [4.78, 5) is 2.42. The van der Waals surface area contributed by atoms with Crippen molar-refractivity contribution in [3.05, 3.63) is 35.4 Å². The third-order valence-electron chi connectivity index (χ3n) is 5.63. The summed E-state index contributed by atoms with van der Waals surface area (Å²) in [5.74, 6) is 0. The summed E-state index contributed by atoms with van der Waals surface area (Å²) >= 11 is 0. The van der Waals surface area contributed by atoms with E-state index in [4.69, 9.17) is 4.43 Å². The molecule has 1 aromatic carbocycles. The van der Waals surface area contributed by atoms with E-state index in [2.05, 4.69) is 77.0 Å². The van der Waals surface area contributed by atoms with E-state index in [0.717, 1.165) is 25.9 Å². The Morgan fingerprint density at radius 2 is 1.55 bits per heavy atom. The number of hydrogen-bond acceptors (Lipinski definition) is 2. The van der Waals surface area contributed by atoms with Gasteiger partial charge in [0.05, 0.1) is 5.60 Å². The average Bonchev–Trinajstić information content (AvgIpc) is 2.41. The third kappa shape index (κ3) is 3.64. The molecule has 0 saturated carbocycles. The van der Waals surface area contributed by atoms with Crippen LogP contribution in [0.3, 0.4) is 0 Å². The van der Waals surface area contributed by atoms with Crippen molar-refractivity contribution in [2.75, 3.05) is 20.1 Å². The van der Waals surface area contributed by atoms with Gasteiger partial charge in [-0.25, -0.2) is 0 Å². The Morgan fingerprint density at radius 1 is 1.05 bits per heavy atom. The Hall–Kier alpha value is -0.643. The Morgan fingerprint density at radius 3 is 2.00 bits per heavy atom. The molecule has 124 valence electrons. The predicted octanol–water partition coefficient (Wildman–Crippen LogP) is 4.94. The van der Waals surface area contributed by atoms with E-state index in [-0.39, 0.29) is 10.6 Å². The zero-order valence-electron chi connectivity index (χ0n) is 15.5. The second-order valence-corrected chi connectivity index (χ2v) is 13.3. The molecule has 0 amide bonds. The number of piperidine rings is 1. The van der Waals surface area contributed by atoms with Crippen LogP contribution in [-0.2, 0) is 10.0 Å². The molecule has 1 saturated heterocycles. The summed E-state index contributed by atoms with van der Waals surface area (Å²) in [6.07, 6.45) is 2.19. The van der Waals surface area contributed by atoms with Crippen molar-refractivity contribution in [3.63, 3.8) is 0 Å².